The Balaban J connectivity index is 1.58. The molecule has 0 radical (unpaired) electrons. The lowest BCUT2D eigenvalue weighted by Gasteiger charge is -2.16. The number of rotatable bonds is 7. The predicted molar refractivity (Wildman–Crippen MR) is 93.2 cm³/mol. The van der Waals surface area contributed by atoms with E-state index >= 15 is 0 Å². The molecule has 1 atom stereocenters. The van der Waals surface area contributed by atoms with Gasteiger partial charge in [0.2, 0.25) is 11.8 Å². The smallest absolute Gasteiger partial charge is 0.229 e. The van der Waals surface area contributed by atoms with Crippen molar-refractivity contribution in [1.29, 1.82) is 0 Å². The third kappa shape index (κ3) is 4.17. The molecule has 1 saturated heterocycles. The number of carbonyl (C=O) groups is 2. The number of likely N-dealkylation sites (tertiary alicyclic amines) is 1. The predicted octanol–water partition coefficient (Wildman–Crippen LogP) is 1.77. The molecule has 3 rings (SSSR count). The van der Waals surface area contributed by atoms with Gasteiger partial charge in [-0.3, -0.25) is 9.59 Å². The van der Waals surface area contributed by atoms with Crippen molar-refractivity contribution in [2.75, 3.05) is 25.0 Å². The molecule has 132 valence electrons. The Morgan fingerprint density at radius 2 is 2.24 bits per heavy atom. The van der Waals surface area contributed by atoms with Crippen LogP contribution in [0.25, 0.3) is 0 Å². The Bertz CT molecular complexity index is 730. The summed E-state index contributed by atoms with van der Waals surface area (Å²) in [5.74, 6) is 0.196. The van der Waals surface area contributed by atoms with E-state index in [-0.39, 0.29) is 24.2 Å². The Kier molecular flexibility index (Phi) is 5.33. The van der Waals surface area contributed by atoms with Crippen LogP contribution < -0.4 is 10.1 Å². The Labute approximate surface area is 146 Å². The standard InChI is InChI=1S/C18H22N4O3/c1-2-22-12-14(11-17(22)23)18(24)20-15-5-3-4-6-16(15)25-10-9-21-8-7-19-13-21/h3-8,13-14H,2,9-12H2,1H3,(H,20,24)/t14-/m1/s1. The summed E-state index contributed by atoms with van der Waals surface area (Å²) in [6.45, 7) is 4.17. The van der Waals surface area contributed by atoms with Crippen molar-refractivity contribution in [3.63, 3.8) is 0 Å². The van der Waals surface area contributed by atoms with E-state index in [1.807, 2.05) is 35.9 Å². The molecule has 2 aromatic rings. The van der Waals surface area contributed by atoms with Crippen molar-refractivity contribution in [2.45, 2.75) is 19.9 Å². The SMILES string of the molecule is CCN1C[C@H](C(=O)Nc2ccccc2OCCn2ccnc2)CC1=O. The fourth-order valence-corrected chi connectivity index (χ4v) is 2.86. The summed E-state index contributed by atoms with van der Waals surface area (Å²) in [5, 5.41) is 2.90. The maximum atomic E-state index is 12.5. The van der Waals surface area contributed by atoms with Crippen LogP contribution in [0.3, 0.4) is 0 Å². The van der Waals surface area contributed by atoms with E-state index in [0.717, 1.165) is 0 Å². The zero-order valence-corrected chi connectivity index (χ0v) is 14.2. The molecule has 2 heterocycles. The van der Waals surface area contributed by atoms with E-state index in [4.69, 9.17) is 4.74 Å². The first kappa shape index (κ1) is 17.0. The number of imidazole rings is 1. The van der Waals surface area contributed by atoms with E-state index in [1.54, 1.807) is 23.5 Å². The second-order valence-electron chi connectivity index (χ2n) is 5.97. The number of nitrogens with one attached hydrogen (secondary N) is 1. The van der Waals surface area contributed by atoms with E-state index in [2.05, 4.69) is 10.3 Å². The third-order valence-electron chi connectivity index (χ3n) is 4.28. The highest BCUT2D eigenvalue weighted by Gasteiger charge is 2.33. The first-order valence-electron chi connectivity index (χ1n) is 8.43. The molecule has 1 N–H and O–H groups in total. The molecule has 7 nitrogen and oxygen atoms in total. The summed E-state index contributed by atoms with van der Waals surface area (Å²) in [7, 11) is 0. The van der Waals surface area contributed by atoms with Crippen LogP contribution >= 0.6 is 0 Å². The number of aromatic nitrogens is 2. The van der Waals surface area contributed by atoms with Crippen LogP contribution in [0.1, 0.15) is 13.3 Å². The number of hydrogen-bond donors (Lipinski definition) is 1. The molecule has 0 spiro atoms. The minimum atomic E-state index is -0.313. The van der Waals surface area contributed by atoms with E-state index in [0.29, 0.717) is 37.7 Å². The van der Waals surface area contributed by atoms with Gasteiger partial charge in [-0.05, 0) is 19.1 Å². The minimum absolute atomic E-state index is 0.0347. The van der Waals surface area contributed by atoms with Gasteiger partial charge in [-0.15, -0.1) is 0 Å². The minimum Gasteiger partial charge on any atom is -0.490 e. The molecule has 1 aromatic heterocycles. The first-order chi connectivity index (χ1) is 12.2. The Morgan fingerprint density at radius 3 is 2.96 bits per heavy atom. The zero-order chi connectivity index (χ0) is 17.6. The van der Waals surface area contributed by atoms with Crippen LogP contribution in [0.2, 0.25) is 0 Å². The molecule has 0 aliphatic carbocycles. The Hall–Kier alpha value is -2.83. The summed E-state index contributed by atoms with van der Waals surface area (Å²) in [4.78, 5) is 30.0. The monoisotopic (exact) mass is 342 g/mol. The quantitative estimate of drug-likeness (QED) is 0.832. The molecule has 1 aliphatic rings. The van der Waals surface area contributed by atoms with Crippen LogP contribution in [0.5, 0.6) is 5.75 Å². The molecular formula is C18H22N4O3. The van der Waals surface area contributed by atoms with E-state index < -0.39 is 0 Å². The summed E-state index contributed by atoms with van der Waals surface area (Å²) >= 11 is 0. The first-order valence-corrected chi connectivity index (χ1v) is 8.43. The van der Waals surface area contributed by atoms with Gasteiger partial charge in [0.05, 0.1) is 24.5 Å². The summed E-state index contributed by atoms with van der Waals surface area (Å²) in [6, 6.07) is 7.33. The second-order valence-corrected chi connectivity index (χ2v) is 5.97. The summed E-state index contributed by atoms with van der Waals surface area (Å²) < 4.78 is 7.72. The van der Waals surface area contributed by atoms with E-state index in [9.17, 15) is 9.59 Å². The molecule has 2 amide bonds. The number of para-hydroxylation sites is 2. The van der Waals surface area contributed by atoms with Gasteiger partial charge < -0.3 is 19.5 Å². The average molecular weight is 342 g/mol. The topological polar surface area (TPSA) is 76.5 Å². The van der Waals surface area contributed by atoms with Gasteiger partial charge in [0.15, 0.2) is 0 Å². The lowest BCUT2D eigenvalue weighted by Crippen LogP contribution is -2.28. The van der Waals surface area contributed by atoms with Gasteiger partial charge >= 0.3 is 0 Å². The van der Waals surface area contributed by atoms with Crippen LogP contribution in [0.4, 0.5) is 5.69 Å². The number of anilines is 1. The van der Waals surface area contributed by atoms with Gasteiger partial charge in [-0.1, -0.05) is 12.1 Å². The fourth-order valence-electron chi connectivity index (χ4n) is 2.86. The lowest BCUT2D eigenvalue weighted by atomic mass is 10.1. The summed E-state index contributed by atoms with van der Waals surface area (Å²) in [5.41, 5.74) is 0.625. The third-order valence-corrected chi connectivity index (χ3v) is 4.28. The highest BCUT2D eigenvalue weighted by atomic mass is 16.5. The lowest BCUT2D eigenvalue weighted by molar-refractivity contribution is -0.128. The van der Waals surface area contributed by atoms with Crippen molar-refractivity contribution in [2.24, 2.45) is 5.92 Å². The highest BCUT2D eigenvalue weighted by Crippen LogP contribution is 2.26. The molecule has 0 saturated carbocycles. The fraction of sp³-hybridized carbons (Fsp3) is 0.389. The van der Waals surface area contributed by atoms with E-state index in [1.165, 1.54) is 0 Å². The van der Waals surface area contributed by atoms with Gasteiger partial charge in [-0.2, -0.15) is 0 Å². The Morgan fingerprint density at radius 1 is 1.40 bits per heavy atom. The number of amides is 2. The van der Waals surface area contributed by atoms with Gasteiger partial charge in [0, 0.05) is 31.9 Å². The van der Waals surface area contributed by atoms with Crippen LogP contribution in [-0.2, 0) is 16.1 Å². The molecule has 0 unspecified atom stereocenters. The van der Waals surface area contributed by atoms with Crippen LogP contribution in [0.15, 0.2) is 43.0 Å². The molecule has 0 bridgehead atoms. The van der Waals surface area contributed by atoms with Crippen molar-refractivity contribution >= 4 is 17.5 Å². The van der Waals surface area contributed by atoms with Crippen molar-refractivity contribution in [1.82, 2.24) is 14.5 Å². The van der Waals surface area contributed by atoms with Gasteiger partial charge in [0.25, 0.3) is 0 Å². The second kappa shape index (κ2) is 7.83. The number of carbonyl (C=O) groups excluding carboxylic acids is 2. The molecule has 1 aromatic carbocycles. The molecule has 7 heteroatoms. The van der Waals surface area contributed by atoms with Crippen molar-refractivity contribution < 1.29 is 14.3 Å². The van der Waals surface area contributed by atoms with Gasteiger partial charge in [-0.25, -0.2) is 4.98 Å². The maximum absolute atomic E-state index is 12.5. The molecule has 1 aliphatic heterocycles. The summed E-state index contributed by atoms with van der Waals surface area (Å²) in [6.07, 6.45) is 5.58. The zero-order valence-electron chi connectivity index (χ0n) is 14.2. The van der Waals surface area contributed by atoms with Crippen molar-refractivity contribution in [3.05, 3.63) is 43.0 Å². The largest absolute Gasteiger partial charge is 0.490 e. The molecule has 1 fully saturated rings. The van der Waals surface area contributed by atoms with Crippen molar-refractivity contribution in [3.8, 4) is 5.75 Å². The van der Waals surface area contributed by atoms with Crippen LogP contribution in [0, 0.1) is 5.92 Å². The van der Waals surface area contributed by atoms with Crippen LogP contribution in [-0.4, -0.2) is 46.0 Å². The maximum Gasteiger partial charge on any atom is 0.229 e. The normalized spacial score (nSPS) is 16.9. The average Bonchev–Trinajstić information content (AvgIpc) is 3.25. The number of hydrogen-bond acceptors (Lipinski definition) is 4. The number of nitrogens with zero attached hydrogens (tertiary/aromatic N) is 3. The molecular weight excluding hydrogens is 320 g/mol. The molecule has 25 heavy (non-hydrogen) atoms. The van der Waals surface area contributed by atoms with Gasteiger partial charge in [0.1, 0.15) is 12.4 Å². The number of ether oxygens (including phenoxy) is 1. The highest BCUT2D eigenvalue weighted by molar-refractivity contribution is 5.98. The number of benzene rings is 1.